The van der Waals surface area contributed by atoms with Gasteiger partial charge in [0.1, 0.15) is 5.82 Å². The lowest BCUT2D eigenvalue weighted by Gasteiger charge is -2.14. The SMILES string of the molecule is Cc1nc(SC(C)c2nc(N)nc(N(C)C)n2)nc(C)c1C. The van der Waals surface area contributed by atoms with E-state index in [9.17, 15) is 0 Å². The van der Waals surface area contributed by atoms with E-state index in [0.717, 1.165) is 22.1 Å². The molecule has 2 heterocycles. The number of hydrogen-bond acceptors (Lipinski definition) is 8. The maximum absolute atomic E-state index is 5.77. The summed E-state index contributed by atoms with van der Waals surface area (Å²) in [6, 6.07) is 0. The third kappa shape index (κ3) is 3.62. The Kier molecular flexibility index (Phi) is 4.80. The second kappa shape index (κ2) is 6.43. The molecule has 1 unspecified atom stereocenters. The first-order valence-corrected chi connectivity index (χ1v) is 7.83. The number of nitrogens with two attached hydrogens (primary N) is 1. The molecule has 0 spiro atoms. The average Bonchev–Trinajstić information content (AvgIpc) is 2.43. The quantitative estimate of drug-likeness (QED) is 0.676. The van der Waals surface area contributed by atoms with Crippen molar-refractivity contribution in [2.75, 3.05) is 24.7 Å². The summed E-state index contributed by atoms with van der Waals surface area (Å²) in [7, 11) is 3.73. The van der Waals surface area contributed by atoms with Gasteiger partial charge in [-0.1, -0.05) is 11.8 Å². The Morgan fingerprint density at radius 3 is 2.09 bits per heavy atom. The summed E-state index contributed by atoms with van der Waals surface area (Å²) in [5, 5.41) is 0.698. The molecule has 0 aliphatic carbocycles. The van der Waals surface area contributed by atoms with Gasteiger partial charge in [-0.05, 0) is 33.3 Å². The van der Waals surface area contributed by atoms with E-state index in [1.807, 2.05) is 41.8 Å². The predicted octanol–water partition coefficient (Wildman–Crippen LogP) is 2.09. The van der Waals surface area contributed by atoms with Crippen molar-refractivity contribution in [1.29, 1.82) is 0 Å². The molecule has 2 aromatic heterocycles. The lowest BCUT2D eigenvalue weighted by atomic mass is 10.2. The van der Waals surface area contributed by atoms with E-state index in [2.05, 4.69) is 24.9 Å². The highest BCUT2D eigenvalue weighted by Crippen LogP contribution is 2.32. The molecule has 0 aliphatic heterocycles. The molecule has 0 bridgehead atoms. The molecule has 0 aliphatic rings. The number of nitrogens with zero attached hydrogens (tertiary/aromatic N) is 6. The minimum atomic E-state index is -0.0227. The summed E-state index contributed by atoms with van der Waals surface area (Å²) in [5.74, 6) is 1.39. The third-order valence-electron chi connectivity index (χ3n) is 3.32. The van der Waals surface area contributed by atoms with Gasteiger partial charge in [0, 0.05) is 25.5 Å². The molecule has 7 nitrogen and oxygen atoms in total. The van der Waals surface area contributed by atoms with Gasteiger partial charge in [-0.25, -0.2) is 9.97 Å². The first kappa shape index (κ1) is 16.4. The molecule has 0 saturated carbocycles. The number of hydrogen-bond donors (Lipinski definition) is 1. The van der Waals surface area contributed by atoms with Crippen LogP contribution < -0.4 is 10.6 Å². The van der Waals surface area contributed by atoms with Crippen molar-refractivity contribution in [3.05, 3.63) is 22.8 Å². The van der Waals surface area contributed by atoms with Crippen LogP contribution in [0, 0.1) is 20.8 Å². The Morgan fingerprint density at radius 1 is 0.955 bits per heavy atom. The molecule has 2 aromatic rings. The zero-order chi connectivity index (χ0) is 16.4. The highest BCUT2D eigenvalue weighted by Gasteiger charge is 2.16. The third-order valence-corrected chi connectivity index (χ3v) is 4.27. The van der Waals surface area contributed by atoms with Crippen molar-refractivity contribution >= 4 is 23.7 Å². The first-order chi connectivity index (χ1) is 10.3. The monoisotopic (exact) mass is 319 g/mol. The van der Waals surface area contributed by atoms with E-state index >= 15 is 0 Å². The molecular formula is C14H21N7S. The molecule has 2 rings (SSSR count). The molecule has 22 heavy (non-hydrogen) atoms. The van der Waals surface area contributed by atoms with Crippen LogP contribution in [0.3, 0.4) is 0 Å². The van der Waals surface area contributed by atoms with E-state index in [1.165, 1.54) is 11.8 Å². The summed E-state index contributed by atoms with van der Waals surface area (Å²) in [6.07, 6.45) is 0. The van der Waals surface area contributed by atoms with Gasteiger partial charge >= 0.3 is 0 Å². The topological polar surface area (TPSA) is 93.7 Å². The zero-order valence-corrected chi connectivity index (χ0v) is 14.6. The molecule has 0 saturated heterocycles. The van der Waals surface area contributed by atoms with Crippen LogP contribution in [0.2, 0.25) is 0 Å². The van der Waals surface area contributed by atoms with Crippen molar-refractivity contribution in [3.8, 4) is 0 Å². The second-order valence-electron chi connectivity index (χ2n) is 5.31. The highest BCUT2D eigenvalue weighted by atomic mass is 32.2. The number of aryl methyl sites for hydroxylation is 2. The van der Waals surface area contributed by atoms with E-state index in [4.69, 9.17) is 5.73 Å². The Morgan fingerprint density at radius 2 is 1.55 bits per heavy atom. The summed E-state index contributed by atoms with van der Waals surface area (Å²) in [6.45, 7) is 8.01. The molecule has 2 N–H and O–H groups in total. The van der Waals surface area contributed by atoms with Gasteiger partial charge in [0.15, 0.2) is 5.16 Å². The van der Waals surface area contributed by atoms with Crippen LogP contribution in [0.4, 0.5) is 11.9 Å². The van der Waals surface area contributed by atoms with E-state index < -0.39 is 0 Å². The van der Waals surface area contributed by atoms with Crippen molar-refractivity contribution in [2.24, 2.45) is 0 Å². The summed E-state index contributed by atoms with van der Waals surface area (Å²) in [4.78, 5) is 23.6. The molecule has 0 fully saturated rings. The molecule has 8 heteroatoms. The molecule has 1 atom stereocenters. The smallest absolute Gasteiger partial charge is 0.229 e. The fraction of sp³-hybridized carbons (Fsp3) is 0.500. The average molecular weight is 319 g/mol. The Labute approximate surface area is 134 Å². The maximum atomic E-state index is 5.77. The van der Waals surface area contributed by atoms with E-state index in [1.54, 1.807) is 4.90 Å². The summed E-state index contributed by atoms with van der Waals surface area (Å²) < 4.78 is 0. The van der Waals surface area contributed by atoms with Gasteiger partial charge in [-0.3, -0.25) is 0 Å². The Bertz CT molecular complexity index is 664. The van der Waals surface area contributed by atoms with Crippen LogP contribution in [-0.2, 0) is 0 Å². The first-order valence-electron chi connectivity index (χ1n) is 6.95. The molecule has 0 radical (unpaired) electrons. The second-order valence-corrected chi connectivity index (χ2v) is 6.62. The molecule has 118 valence electrons. The molecular weight excluding hydrogens is 298 g/mol. The summed E-state index contributed by atoms with van der Waals surface area (Å²) in [5.41, 5.74) is 8.87. The lowest BCUT2D eigenvalue weighted by Crippen LogP contribution is -2.16. The minimum absolute atomic E-state index is 0.0227. The Balaban J connectivity index is 2.27. The van der Waals surface area contributed by atoms with Crippen molar-refractivity contribution in [2.45, 2.75) is 38.1 Å². The minimum Gasteiger partial charge on any atom is -0.368 e. The van der Waals surface area contributed by atoms with Crippen molar-refractivity contribution in [3.63, 3.8) is 0 Å². The Hall–Kier alpha value is -1.96. The number of thioether (sulfide) groups is 1. The number of nitrogen functional groups attached to an aromatic ring is 1. The normalized spacial score (nSPS) is 12.3. The fourth-order valence-electron chi connectivity index (χ4n) is 1.78. The van der Waals surface area contributed by atoms with Gasteiger partial charge in [-0.15, -0.1) is 0 Å². The standard InChI is InChI=1S/C14H21N7S/c1-7-8(2)16-14(17-9(7)3)22-10(4)11-18-12(15)20-13(19-11)21(5)6/h10H,1-6H3,(H2,15,18,19,20). The van der Waals surface area contributed by atoms with Crippen LogP contribution in [0.15, 0.2) is 5.16 Å². The lowest BCUT2D eigenvalue weighted by molar-refractivity contribution is 0.844. The van der Waals surface area contributed by atoms with Crippen molar-refractivity contribution < 1.29 is 0 Å². The van der Waals surface area contributed by atoms with Gasteiger partial charge < -0.3 is 10.6 Å². The van der Waals surface area contributed by atoms with E-state index in [0.29, 0.717) is 11.8 Å². The molecule has 0 aromatic carbocycles. The molecule has 0 amide bonds. The van der Waals surface area contributed by atoms with Crippen LogP contribution >= 0.6 is 11.8 Å². The maximum Gasteiger partial charge on any atom is 0.229 e. The van der Waals surface area contributed by atoms with Gasteiger partial charge in [0.05, 0.1) is 5.25 Å². The summed E-state index contributed by atoms with van der Waals surface area (Å²) >= 11 is 1.51. The zero-order valence-electron chi connectivity index (χ0n) is 13.7. The van der Waals surface area contributed by atoms with Gasteiger partial charge in [-0.2, -0.15) is 15.0 Å². The van der Waals surface area contributed by atoms with Crippen LogP contribution in [0.5, 0.6) is 0 Å². The number of anilines is 2. The van der Waals surface area contributed by atoms with Gasteiger partial charge in [0.25, 0.3) is 0 Å². The number of rotatable bonds is 4. The van der Waals surface area contributed by atoms with Crippen molar-refractivity contribution in [1.82, 2.24) is 24.9 Å². The van der Waals surface area contributed by atoms with Crippen LogP contribution in [0.25, 0.3) is 0 Å². The van der Waals surface area contributed by atoms with E-state index in [-0.39, 0.29) is 11.2 Å². The van der Waals surface area contributed by atoms with Gasteiger partial charge in [0.2, 0.25) is 11.9 Å². The van der Waals surface area contributed by atoms with Crippen LogP contribution in [-0.4, -0.2) is 39.0 Å². The number of aromatic nitrogens is 5. The fourth-order valence-corrected chi connectivity index (χ4v) is 2.69. The highest BCUT2D eigenvalue weighted by molar-refractivity contribution is 7.99. The van der Waals surface area contributed by atoms with Crippen LogP contribution in [0.1, 0.15) is 34.9 Å². The largest absolute Gasteiger partial charge is 0.368 e. The predicted molar refractivity (Wildman–Crippen MR) is 89.1 cm³/mol.